The van der Waals surface area contributed by atoms with E-state index in [2.05, 4.69) is 38.2 Å². The lowest BCUT2D eigenvalue weighted by molar-refractivity contribution is 0.673. The molecule has 17 heavy (non-hydrogen) atoms. The van der Waals surface area contributed by atoms with Gasteiger partial charge in [0.1, 0.15) is 0 Å². The second kappa shape index (κ2) is 15.5. The lowest BCUT2D eigenvalue weighted by atomic mass is 10.1. The number of hydrogen-bond acceptors (Lipinski definition) is 0. The van der Waals surface area contributed by atoms with Gasteiger partial charge in [0.2, 0.25) is 0 Å². The Labute approximate surface area is 109 Å². The van der Waals surface area contributed by atoms with Gasteiger partial charge >= 0.3 is 0 Å². The van der Waals surface area contributed by atoms with Gasteiger partial charge in [0.25, 0.3) is 0 Å². The van der Waals surface area contributed by atoms with Crippen LogP contribution in [0.1, 0.15) is 77.6 Å². The minimum Gasteiger partial charge on any atom is -0.0885 e. The van der Waals surface area contributed by atoms with Crippen LogP contribution in [0, 0.1) is 6.92 Å². The fraction of sp³-hybridized carbons (Fsp3) is 0.706. The molecule has 99 valence electrons. The van der Waals surface area contributed by atoms with Gasteiger partial charge in [-0.3, -0.25) is 0 Å². The van der Waals surface area contributed by atoms with Crippen molar-refractivity contribution < 1.29 is 0 Å². The lowest BCUT2D eigenvalue weighted by Gasteiger charge is -1.94. The summed E-state index contributed by atoms with van der Waals surface area (Å²) in [6.45, 7) is 6.10. The highest BCUT2D eigenvalue weighted by molar-refractivity contribution is 4.85. The molecule has 0 aromatic carbocycles. The Morgan fingerprint density at radius 1 is 0.647 bits per heavy atom. The molecule has 0 nitrogen and oxygen atoms in total. The van der Waals surface area contributed by atoms with Crippen LogP contribution in [0.2, 0.25) is 0 Å². The number of unbranched alkanes of at least 4 members (excludes halogenated alkanes) is 8. The third kappa shape index (κ3) is 15.5. The van der Waals surface area contributed by atoms with Crippen LogP contribution in [0.3, 0.4) is 0 Å². The predicted octanol–water partition coefficient (Wildman–Crippen LogP) is 6.24. The Kier molecular flexibility index (Phi) is 15.0. The molecule has 0 spiro atoms. The molecule has 0 aliphatic rings. The van der Waals surface area contributed by atoms with Gasteiger partial charge in [0, 0.05) is 0 Å². The molecule has 0 aliphatic carbocycles. The first-order valence-corrected chi connectivity index (χ1v) is 7.51. The van der Waals surface area contributed by atoms with Gasteiger partial charge in [-0.2, -0.15) is 0 Å². The Morgan fingerprint density at radius 2 is 1.18 bits per heavy atom. The van der Waals surface area contributed by atoms with Crippen molar-refractivity contribution >= 4 is 0 Å². The van der Waals surface area contributed by atoms with E-state index in [1.165, 1.54) is 64.2 Å². The van der Waals surface area contributed by atoms with Crippen LogP contribution in [-0.2, 0) is 0 Å². The predicted molar refractivity (Wildman–Crippen MR) is 80.1 cm³/mol. The highest BCUT2D eigenvalue weighted by Crippen LogP contribution is 2.05. The van der Waals surface area contributed by atoms with E-state index in [1.54, 1.807) is 0 Å². The molecule has 0 aromatic rings. The second-order valence-corrected chi connectivity index (χ2v) is 4.72. The number of rotatable bonds is 12. The van der Waals surface area contributed by atoms with Crippen LogP contribution in [0.15, 0.2) is 24.3 Å². The molecular formula is C17H31. The van der Waals surface area contributed by atoms with Crippen molar-refractivity contribution in [2.45, 2.75) is 77.6 Å². The SMILES string of the molecule is [CH2]CCC/C=C/CCC/C=C/CCCCCC. The average molecular weight is 235 g/mol. The van der Waals surface area contributed by atoms with Crippen molar-refractivity contribution in [2.24, 2.45) is 0 Å². The minimum atomic E-state index is 1.06. The molecule has 0 rings (SSSR count). The van der Waals surface area contributed by atoms with Crippen molar-refractivity contribution in [3.63, 3.8) is 0 Å². The maximum absolute atomic E-state index is 3.84. The van der Waals surface area contributed by atoms with Crippen LogP contribution in [0.4, 0.5) is 0 Å². The second-order valence-electron chi connectivity index (χ2n) is 4.72. The number of hydrogen-bond donors (Lipinski definition) is 0. The largest absolute Gasteiger partial charge is 0.0885 e. The summed E-state index contributed by atoms with van der Waals surface area (Å²) in [4.78, 5) is 0. The standard InChI is InChI=1S/C17H31/c1-3-5-7-9-11-13-15-17-16-14-12-10-8-6-4-2/h9,11,14,16H,1,3-8,10,12-13,15,17H2,2H3/b11-9+,16-14+. The molecule has 0 fully saturated rings. The molecule has 0 bridgehead atoms. The number of allylic oxidation sites excluding steroid dienone is 4. The quantitative estimate of drug-likeness (QED) is 0.277. The normalized spacial score (nSPS) is 11.9. The first kappa shape index (κ1) is 16.5. The molecule has 0 saturated carbocycles. The molecule has 0 heteroatoms. The van der Waals surface area contributed by atoms with Crippen LogP contribution in [-0.4, -0.2) is 0 Å². The van der Waals surface area contributed by atoms with E-state index >= 15 is 0 Å². The fourth-order valence-corrected chi connectivity index (χ4v) is 1.78. The summed E-state index contributed by atoms with van der Waals surface area (Å²) in [6, 6.07) is 0. The van der Waals surface area contributed by atoms with E-state index in [0.717, 1.165) is 6.42 Å². The van der Waals surface area contributed by atoms with Gasteiger partial charge in [-0.25, -0.2) is 0 Å². The van der Waals surface area contributed by atoms with Gasteiger partial charge in [0.05, 0.1) is 0 Å². The van der Waals surface area contributed by atoms with Crippen LogP contribution >= 0.6 is 0 Å². The van der Waals surface area contributed by atoms with Crippen LogP contribution in [0.25, 0.3) is 0 Å². The lowest BCUT2D eigenvalue weighted by Crippen LogP contribution is -1.74. The van der Waals surface area contributed by atoms with Gasteiger partial charge < -0.3 is 0 Å². The Hall–Kier alpha value is -0.520. The smallest absolute Gasteiger partial charge is 0.0348 e. The van der Waals surface area contributed by atoms with Crippen molar-refractivity contribution in [3.05, 3.63) is 31.2 Å². The molecule has 0 amide bonds. The third-order valence-corrected chi connectivity index (χ3v) is 2.92. The van der Waals surface area contributed by atoms with E-state index < -0.39 is 0 Å². The molecule has 1 radical (unpaired) electrons. The van der Waals surface area contributed by atoms with Gasteiger partial charge in [-0.05, 0) is 44.9 Å². The first-order valence-electron chi connectivity index (χ1n) is 7.51. The highest BCUT2D eigenvalue weighted by atomic mass is 13.9. The summed E-state index contributed by atoms with van der Waals surface area (Å²) in [5.74, 6) is 0. The third-order valence-electron chi connectivity index (χ3n) is 2.92. The highest BCUT2D eigenvalue weighted by Gasteiger charge is 1.85. The first-order chi connectivity index (χ1) is 8.41. The van der Waals surface area contributed by atoms with E-state index in [9.17, 15) is 0 Å². The maximum atomic E-state index is 3.84. The summed E-state index contributed by atoms with van der Waals surface area (Å²) in [6.07, 6.45) is 23.4. The van der Waals surface area contributed by atoms with Crippen LogP contribution in [0.5, 0.6) is 0 Å². The van der Waals surface area contributed by atoms with Gasteiger partial charge in [-0.15, -0.1) is 0 Å². The zero-order valence-electron chi connectivity index (χ0n) is 11.8. The van der Waals surface area contributed by atoms with E-state index in [-0.39, 0.29) is 0 Å². The Bertz CT molecular complexity index is 176. The topological polar surface area (TPSA) is 0 Å². The zero-order valence-corrected chi connectivity index (χ0v) is 11.8. The molecule has 0 atom stereocenters. The monoisotopic (exact) mass is 235 g/mol. The summed E-state index contributed by atoms with van der Waals surface area (Å²) >= 11 is 0. The molecule has 0 saturated heterocycles. The molecular weight excluding hydrogens is 204 g/mol. The van der Waals surface area contributed by atoms with Crippen molar-refractivity contribution in [1.29, 1.82) is 0 Å². The molecule has 0 aromatic heterocycles. The van der Waals surface area contributed by atoms with E-state index in [0.29, 0.717) is 0 Å². The summed E-state index contributed by atoms with van der Waals surface area (Å²) in [5.41, 5.74) is 0. The van der Waals surface area contributed by atoms with Crippen molar-refractivity contribution in [1.82, 2.24) is 0 Å². The Morgan fingerprint density at radius 3 is 1.71 bits per heavy atom. The maximum Gasteiger partial charge on any atom is -0.0348 e. The van der Waals surface area contributed by atoms with E-state index in [4.69, 9.17) is 0 Å². The van der Waals surface area contributed by atoms with Crippen molar-refractivity contribution in [2.75, 3.05) is 0 Å². The molecule has 0 aliphatic heterocycles. The van der Waals surface area contributed by atoms with Crippen molar-refractivity contribution in [3.8, 4) is 0 Å². The average Bonchev–Trinajstić information content (AvgIpc) is 2.35. The Balaban J connectivity index is 3.11. The fourth-order valence-electron chi connectivity index (χ4n) is 1.78. The summed E-state index contributed by atoms with van der Waals surface area (Å²) in [5, 5.41) is 0. The van der Waals surface area contributed by atoms with E-state index in [1.807, 2.05) is 0 Å². The van der Waals surface area contributed by atoms with Gasteiger partial charge in [0.15, 0.2) is 0 Å². The van der Waals surface area contributed by atoms with Crippen LogP contribution < -0.4 is 0 Å². The zero-order chi connectivity index (χ0) is 12.6. The van der Waals surface area contributed by atoms with Gasteiger partial charge in [-0.1, -0.05) is 63.8 Å². The molecule has 0 unspecified atom stereocenters. The minimum absolute atomic E-state index is 1.06. The summed E-state index contributed by atoms with van der Waals surface area (Å²) < 4.78 is 0. The summed E-state index contributed by atoms with van der Waals surface area (Å²) in [7, 11) is 0. The molecule has 0 N–H and O–H groups in total. The molecule has 0 heterocycles.